The van der Waals surface area contributed by atoms with E-state index in [1.54, 1.807) is 0 Å². The predicted octanol–water partition coefficient (Wildman–Crippen LogP) is 4.17. The van der Waals surface area contributed by atoms with Crippen molar-refractivity contribution in [3.8, 4) is 0 Å². The van der Waals surface area contributed by atoms with Crippen LogP contribution in [0.25, 0.3) is 0 Å². The predicted molar refractivity (Wildman–Crippen MR) is 75.7 cm³/mol. The number of rotatable bonds is 5. The van der Waals surface area contributed by atoms with Gasteiger partial charge >= 0.3 is 0 Å². The first-order chi connectivity index (χ1) is 8.29. The van der Waals surface area contributed by atoms with Crippen molar-refractivity contribution in [1.82, 2.24) is 9.36 Å². The molecule has 0 spiro atoms. The van der Waals surface area contributed by atoms with Gasteiger partial charge in [-0.05, 0) is 23.5 Å². The summed E-state index contributed by atoms with van der Waals surface area (Å²) in [6.07, 6.45) is 2.99. The third kappa shape index (κ3) is 3.61. The zero-order valence-electron chi connectivity index (χ0n) is 9.77. The van der Waals surface area contributed by atoms with E-state index in [0.717, 1.165) is 30.1 Å². The molecule has 1 heterocycles. The molecule has 0 amide bonds. The Labute approximate surface area is 114 Å². The van der Waals surface area contributed by atoms with Crippen LogP contribution in [0.5, 0.6) is 0 Å². The van der Waals surface area contributed by atoms with Crippen LogP contribution < -0.4 is 0 Å². The van der Waals surface area contributed by atoms with Crippen molar-refractivity contribution in [3.63, 3.8) is 0 Å². The first-order valence-electron chi connectivity index (χ1n) is 5.80. The highest BCUT2D eigenvalue weighted by atomic mass is 79.9. The Morgan fingerprint density at radius 2 is 2.06 bits per heavy atom. The van der Waals surface area contributed by atoms with E-state index in [9.17, 15) is 0 Å². The SMILES string of the molecule is CCCc1nsc(CC(Br)c2ccccc2)n1. The molecule has 4 heteroatoms. The molecule has 0 radical (unpaired) electrons. The van der Waals surface area contributed by atoms with Crippen LogP contribution >= 0.6 is 27.5 Å². The van der Waals surface area contributed by atoms with Gasteiger partial charge in [-0.1, -0.05) is 53.2 Å². The number of hydrogen-bond donors (Lipinski definition) is 0. The second-order valence-corrected chi connectivity index (χ2v) is 5.88. The molecule has 1 unspecified atom stereocenters. The molecule has 1 aromatic heterocycles. The molecule has 0 saturated heterocycles. The number of halogens is 1. The van der Waals surface area contributed by atoms with Crippen LogP contribution in [0.15, 0.2) is 30.3 Å². The highest BCUT2D eigenvalue weighted by molar-refractivity contribution is 9.09. The van der Waals surface area contributed by atoms with E-state index in [0.29, 0.717) is 4.83 Å². The summed E-state index contributed by atoms with van der Waals surface area (Å²) >= 11 is 5.23. The van der Waals surface area contributed by atoms with Crippen LogP contribution in [0, 0.1) is 0 Å². The van der Waals surface area contributed by atoms with Gasteiger partial charge < -0.3 is 0 Å². The highest BCUT2D eigenvalue weighted by Crippen LogP contribution is 2.27. The average Bonchev–Trinajstić information content (AvgIpc) is 2.78. The van der Waals surface area contributed by atoms with Crippen molar-refractivity contribution in [3.05, 3.63) is 46.7 Å². The first kappa shape index (κ1) is 12.7. The van der Waals surface area contributed by atoms with Gasteiger partial charge in [0.1, 0.15) is 10.8 Å². The molecular weight excluding hydrogens is 296 g/mol. The third-order valence-corrected chi connectivity index (χ3v) is 4.12. The molecule has 2 aromatic rings. The van der Waals surface area contributed by atoms with Gasteiger partial charge in [-0.25, -0.2) is 4.98 Å². The maximum absolute atomic E-state index is 4.54. The second kappa shape index (κ2) is 6.26. The fourth-order valence-corrected chi connectivity index (χ4v) is 3.19. The average molecular weight is 311 g/mol. The van der Waals surface area contributed by atoms with Crippen LogP contribution in [0.3, 0.4) is 0 Å². The Morgan fingerprint density at radius 3 is 2.76 bits per heavy atom. The Balaban J connectivity index is 2.00. The molecule has 0 bridgehead atoms. The summed E-state index contributed by atoms with van der Waals surface area (Å²) in [6.45, 7) is 2.15. The van der Waals surface area contributed by atoms with Crippen molar-refractivity contribution in [2.45, 2.75) is 31.0 Å². The zero-order chi connectivity index (χ0) is 12.1. The third-order valence-electron chi connectivity index (χ3n) is 2.50. The lowest BCUT2D eigenvalue weighted by Crippen LogP contribution is -1.95. The summed E-state index contributed by atoms with van der Waals surface area (Å²) in [5.41, 5.74) is 1.29. The monoisotopic (exact) mass is 310 g/mol. The van der Waals surface area contributed by atoms with Crippen LogP contribution in [0.4, 0.5) is 0 Å². The number of aromatic nitrogens is 2. The van der Waals surface area contributed by atoms with E-state index in [2.05, 4.69) is 56.5 Å². The van der Waals surface area contributed by atoms with E-state index in [-0.39, 0.29) is 0 Å². The van der Waals surface area contributed by atoms with Gasteiger partial charge in [0, 0.05) is 17.7 Å². The number of benzene rings is 1. The minimum atomic E-state index is 0.325. The van der Waals surface area contributed by atoms with Crippen LogP contribution in [-0.2, 0) is 12.8 Å². The standard InChI is InChI=1S/C13H15BrN2S/c1-2-6-12-15-13(17-16-12)9-11(14)10-7-4-3-5-8-10/h3-5,7-8,11H,2,6,9H2,1H3. The lowest BCUT2D eigenvalue weighted by molar-refractivity contribution is 0.841. The fraction of sp³-hybridized carbons (Fsp3) is 0.385. The lowest BCUT2D eigenvalue weighted by atomic mass is 10.1. The summed E-state index contributed by atoms with van der Waals surface area (Å²) in [5, 5.41) is 1.11. The van der Waals surface area contributed by atoms with Gasteiger partial charge in [-0.15, -0.1) is 0 Å². The molecule has 1 aromatic carbocycles. The molecule has 0 aliphatic rings. The smallest absolute Gasteiger partial charge is 0.142 e. The molecule has 90 valence electrons. The topological polar surface area (TPSA) is 25.8 Å². The van der Waals surface area contributed by atoms with Crippen LogP contribution in [-0.4, -0.2) is 9.36 Å². The maximum atomic E-state index is 4.54. The summed E-state index contributed by atoms with van der Waals surface area (Å²) in [6, 6.07) is 10.4. The quantitative estimate of drug-likeness (QED) is 0.775. The number of alkyl halides is 1. The largest absolute Gasteiger partial charge is 0.225 e. The Kier molecular flexibility index (Phi) is 4.68. The minimum Gasteiger partial charge on any atom is -0.225 e. The number of aryl methyl sites for hydroxylation is 1. The molecule has 0 aliphatic heterocycles. The summed E-state index contributed by atoms with van der Waals surface area (Å²) in [5.74, 6) is 0.986. The van der Waals surface area contributed by atoms with E-state index in [1.165, 1.54) is 17.1 Å². The molecule has 2 rings (SSSR count). The van der Waals surface area contributed by atoms with Gasteiger partial charge in [0.15, 0.2) is 0 Å². The minimum absolute atomic E-state index is 0.325. The number of nitrogens with zero attached hydrogens (tertiary/aromatic N) is 2. The Hall–Kier alpha value is -0.740. The highest BCUT2D eigenvalue weighted by Gasteiger charge is 2.11. The van der Waals surface area contributed by atoms with Gasteiger partial charge in [0.2, 0.25) is 0 Å². The summed E-state index contributed by atoms with van der Waals surface area (Å²) in [4.78, 5) is 4.87. The van der Waals surface area contributed by atoms with Crippen molar-refractivity contribution >= 4 is 27.5 Å². The van der Waals surface area contributed by atoms with Crippen molar-refractivity contribution in [2.75, 3.05) is 0 Å². The van der Waals surface area contributed by atoms with Crippen LogP contribution in [0.2, 0.25) is 0 Å². The molecule has 2 nitrogen and oxygen atoms in total. The summed E-state index contributed by atoms with van der Waals surface area (Å²) in [7, 11) is 0. The van der Waals surface area contributed by atoms with Gasteiger partial charge in [0.25, 0.3) is 0 Å². The summed E-state index contributed by atoms with van der Waals surface area (Å²) < 4.78 is 4.36. The zero-order valence-corrected chi connectivity index (χ0v) is 12.2. The second-order valence-electron chi connectivity index (χ2n) is 3.94. The van der Waals surface area contributed by atoms with Crippen molar-refractivity contribution in [1.29, 1.82) is 0 Å². The van der Waals surface area contributed by atoms with Gasteiger partial charge in [-0.2, -0.15) is 4.37 Å². The van der Waals surface area contributed by atoms with Gasteiger partial charge in [0.05, 0.1) is 0 Å². The maximum Gasteiger partial charge on any atom is 0.142 e. The molecular formula is C13H15BrN2S. The van der Waals surface area contributed by atoms with Crippen molar-refractivity contribution in [2.24, 2.45) is 0 Å². The van der Waals surface area contributed by atoms with Gasteiger partial charge in [-0.3, -0.25) is 0 Å². The van der Waals surface area contributed by atoms with E-state index in [4.69, 9.17) is 0 Å². The molecule has 0 N–H and O–H groups in total. The molecule has 1 atom stereocenters. The molecule has 0 saturated carbocycles. The lowest BCUT2D eigenvalue weighted by Gasteiger charge is -2.06. The molecule has 0 aliphatic carbocycles. The Bertz CT molecular complexity index is 455. The number of hydrogen-bond acceptors (Lipinski definition) is 3. The first-order valence-corrected chi connectivity index (χ1v) is 7.49. The van der Waals surface area contributed by atoms with E-state index >= 15 is 0 Å². The fourth-order valence-electron chi connectivity index (χ4n) is 1.63. The van der Waals surface area contributed by atoms with E-state index in [1.807, 2.05) is 6.07 Å². The molecule has 0 fully saturated rings. The normalized spacial score (nSPS) is 12.6. The Morgan fingerprint density at radius 1 is 1.29 bits per heavy atom. The van der Waals surface area contributed by atoms with Crippen molar-refractivity contribution < 1.29 is 0 Å². The van der Waals surface area contributed by atoms with Crippen LogP contribution in [0.1, 0.15) is 34.6 Å². The van der Waals surface area contributed by atoms with E-state index < -0.39 is 0 Å². The molecule has 17 heavy (non-hydrogen) atoms.